The average molecular weight is 254 g/mol. The van der Waals surface area contributed by atoms with Gasteiger partial charge in [0.05, 0.1) is 7.11 Å². The smallest absolute Gasteiger partial charge is 0.131 e. The molecule has 3 nitrogen and oxygen atoms in total. The minimum absolute atomic E-state index is 0.0800. The number of nitrogens with one attached hydrogen (secondary N) is 1. The largest absolute Gasteiger partial charge is 0.496 e. The van der Waals surface area contributed by atoms with Crippen molar-refractivity contribution >= 4 is 0 Å². The molecule has 4 heteroatoms. The van der Waals surface area contributed by atoms with Crippen LogP contribution >= 0.6 is 0 Å². The lowest BCUT2D eigenvalue weighted by atomic mass is 10.1. The van der Waals surface area contributed by atoms with Crippen LogP contribution in [0.1, 0.15) is 25.5 Å². The number of hydrogen-bond acceptors (Lipinski definition) is 3. The third-order valence-electron chi connectivity index (χ3n) is 3.27. The van der Waals surface area contributed by atoms with E-state index in [-0.39, 0.29) is 11.9 Å². The Hall–Kier alpha value is -1.13. The highest BCUT2D eigenvalue weighted by Crippen LogP contribution is 2.27. The van der Waals surface area contributed by atoms with E-state index in [2.05, 4.69) is 17.1 Å². The van der Waals surface area contributed by atoms with Gasteiger partial charge in [-0.15, -0.1) is 0 Å². The first-order valence-corrected chi connectivity index (χ1v) is 6.19. The van der Waals surface area contributed by atoms with Gasteiger partial charge in [0.15, 0.2) is 0 Å². The number of methoxy groups -OCH3 is 1. The number of likely N-dealkylation sites (N-methyl/N-ethyl adjacent to an activating group) is 1. The zero-order chi connectivity index (χ0) is 13.7. The van der Waals surface area contributed by atoms with Crippen molar-refractivity contribution in [3.63, 3.8) is 0 Å². The van der Waals surface area contributed by atoms with Gasteiger partial charge in [-0.25, -0.2) is 4.39 Å². The van der Waals surface area contributed by atoms with Gasteiger partial charge in [-0.2, -0.15) is 0 Å². The van der Waals surface area contributed by atoms with Crippen molar-refractivity contribution in [3.05, 3.63) is 29.6 Å². The first-order valence-electron chi connectivity index (χ1n) is 6.19. The van der Waals surface area contributed by atoms with Crippen molar-refractivity contribution in [3.8, 4) is 5.75 Å². The van der Waals surface area contributed by atoms with Crippen LogP contribution in [0.15, 0.2) is 18.2 Å². The standard InChI is InChI=1S/C14H23FN2O/c1-10(17(3)4)9-16-11(2)14-12(15)7-6-8-13(14)18-5/h6-8,10-11,16H,9H2,1-5H3. The molecule has 1 aromatic rings. The van der Waals surface area contributed by atoms with Crippen LogP contribution in [0.4, 0.5) is 4.39 Å². The number of hydrogen-bond donors (Lipinski definition) is 1. The van der Waals surface area contributed by atoms with E-state index in [0.29, 0.717) is 17.4 Å². The fourth-order valence-electron chi connectivity index (χ4n) is 1.75. The Morgan fingerprint density at radius 1 is 1.33 bits per heavy atom. The van der Waals surface area contributed by atoms with E-state index >= 15 is 0 Å². The molecule has 0 spiro atoms. The minimum Gasteiger partial charge on any atom is -0.496 e. The Labute approximate surface area is 109 Å². The van der Waals surface area contributed by atoms with Gasteiger partial charge in [0.25, 0.3) is 0 Å². The number of rotatable bonds is 6. The van der Waals surface area contributed by atoms with Gasteiger partial charge in [-0.05, 0) is 40.1 Å². The van der Waals surface area contributed by atoms with E-state index in [1.807, 2.05) is 21.0 Å². The molecule has 18 heavy (non-hydrogen) atoms. The lowest BCUT2D eigenvalue weighted by Gasteiger charge is -2.24. The zero-order valence-corrected chi connectivity index (χ0v) is 11.8. The maximum Gasteiger partial charge on any atom is 0.131 e. The SMILES string of the molecule is COc1cccc(F)c1C(C)NCC(C)N(C)C. The van der Waals surface area contributed by atoms with Gasteiger partial charge in [-0.3, -0.25) is 0 Å². The number of halogens is 1. The van der Waals surface area contributed by atoms with E-state index in [4.69, 9.17) is 4.74 Å². The summed E-state index contributed by atoms with van der Waals surface area (Å²) in [7, 11) is 5.62. The van der Waals surface area contributed by atoms with Crippen LogP contribution in [-0.4, -0.2) is 38.7 Å². The molecule has 0 bridgehead atoms. The van der Waals surface area contributed by atoms with Crippen LogP contribution in [0, 0.1) is 5.82 Å². The van der Waals surface area contributed by atoms with Crippen LogP contribution in [0.3, 0.4) is 0 Å². The van der Waals surface area contributed by atoms with E-state index < -0.39 is 0 Å². The molecule has 1 rings (SSSR count). The molecule has 0 fully saturated rings. The average Bonchev–Trinajstić information content (AvgIpc) is 2.34. The molecule has 0 saturated carbocycles. The van der Waals surface area contributed by atoms with Gasteiger partial charge in [0.2, 0.25) is 0 Å². The predicted molar refractivity (Wildman–Crippen MR) is 72.5 cm³/mol. The van der Waals surface area contributed by atoms with Crippen LogP contribution in [0.25, 0.3) is 0 Å². The molecule has 0 aliphatic rings. The van der Waals surface area contributed by atoms with Crippen molar-refractivity contribution in [1.29, 1.82) is 0 Å². The summed E-state index contributed by atoms with van der Waals surface area (Å²) >= 11 is 0. The van der Waals surface area contributed by atoms with E-state index in [1.165, 1.54) is 6.07 Å². The molecule has 102 valence electrons. The Bertz CT molecular complexity index is 382. The summed E-state index contributed by atoms with van der Waals surface area (Å²) in [5, 5.41) is 3.33. The summed E-state index contributed by atoms with van der Waals surface area (Å²) in [6.07, 6.45) is 0. The first kappa shape index (κ1) is 14.9. The zero-order valence-electron chi connectivity index (χ0n) is 11.8. The summed E-state index contributed by atoms with van der Waals surface area (Å²) < 4.78 is 19.1. The summed E-state index contributed by atoms with van der Waals surface area (Å²) in [5.74, 6) is 0.361. The van der Waals surface area contributed by atoms with Crippen LogP contribution < -0.4 is 10.1 Å². The quantitative estimate of drug-likeness (QED) is 0.844. The van der Waals surface area contributed by atoms with Crippen molar-refractivity contribution in [2.24, 2.45) is 0 Å². The highest BCUT2D eigenvalue weighted by molar-refractivity contribution is 5.36. The normalized spacial score (nSPS) is 14.6. The fourth-order valence-corrected chi connectivity index (χ4v) is 1.75. The lowest BCUT2D eigenvalue weighted by molar-refractivity contribution is 0.293. The third kappa shape index (κ3) is 3.68. The summed E-state index contributed by atoms with van der Waals surface area (Å²) in [6.45, 7) is 4.87. The lowest BCUT2D eigenvalue weighted by Crippen LogP contribution is -2.36. The molecular formula is C14H23FN2O. The third-order valence-corrected chi connectivity index (χ3v) is 3.27. The van der Waals surface area contributed by atoms with Crippen LogP contribution in [0.2, 0.25) is 0 Å². The number of nitrogens with zero attached hydrogens (tertiary/aromatic N) is 1. The topological polar surface area (TPSA) is 24.5 Å². The molecule has 0 radical (unpaired) electrons. The maximum absolute atomic E-state index is 13.8. The van der Waals surface area contributed by atoms with Gasteiger partial charge >= 0.3 is 0 Å². The van der Waals surface area contributed by atoms with E-state index in [0.717, 1.165) is 6.54 Å². The van der Waals surface area contributed by atoms with Gasteiger partial charge in [0, 0.05) is 24.2 Å². The molecule has 0 aliphatic heterocycles. The molecule has 2 atom stereocenters. The molecule has 1 N–H and O–H groups in total. The maximum atomic E-state index is 13.8. The molecule has 1 aromatic carbocycles. The summed E-state index contributed by atoms with van der Waals surface area (Å²) in [5.41, 5.74) is 0.589. The Balaban J connectivity index is 2.75. The molecule has 0 aromatic heterocycles. The van der Waals surface area contributed by atoms with Gasteiger partial charge in [0.1, 0.15) is 11.6 Å². The highest BCUT2D eigenvalue weighted by Gasteiger charge is 2.16. The van der Waals surface area contributed by atoms with Crippen molar-refractivity contribution < 1.29 is 9.13 Å². The molecule has 0 heterocycles. The molecule has 0 aliphatic carbocycles. The van der Waals surface area contributed by atoms with Gasteiger partial charge < -0.3 is 15.0 Å². The minimum atomic E-state index is -0.230. The fraction of sp³-hybridized carbons (Fsp3) is 0.571. The highest BCUT2D eigenvalue weighted by atomic mass is 19.1. The molecule has 0 amide bonds. The molecule has 0 saturated heterocycles. The van der Waals surface area contributed by atoms with Crippen molar-refractivity contribution in [2.75, 3.05) is 27.7 Å². The second-order valence-electron chi connectivity index (χ2n) is 4.80. The number of benzene rings is 1. The Morgan fingerprint density at radius 2 is 2.00 bits per heavy atom. The first-order chi connectivity index (χ1) is 8.47. The summed E-state index contributed by atoms with van der Waals surface area (Å²) in [4.78, 5) is 2.12. The second-order valence-corrected chi connectivity index (χ2v) is 4.80. The summed E-state index contributed by atoms with van der Waals surface area (Å²) in [6, 6.07) is 5.22. The predicted octanol–water partition coefficient (Wildman–Crippen LogP) is 2.44. The molecule has 2 unspecified atom stereocenters. The molecular weight excluding hydrogens is 231 g/mol. The van der Waals surface area contributed by atoms with E-state index in [9.17, 15) is 4.39 Å². The van der Waals surface area contributed by atoms with E-state index in [1.54, 1.807) is 19.2 Å². The Morgan fingerprint density at radius 3 is 2.56 bits per heavy atom. The van der Waals surface area contributed by atoms with Gasteiger partial charge in [-0.1, -0.05) is 6.07 Å². The van der Waals surface area contributed by atoms with Crippen molar-refractivity contribution in [2.45, 2.75) is 25.9 Å². The Kier molecular flexibility index (Phi) is 5.56. The van der Waals surface area contributed by atoms with Crippen LogP contribution in [-0.2, 0) is 0 Å². The van der Waals surface area contributed by atoms with Crippen molar-refractivity contribution in [1.82, 2.24) is 10.2 Å². The monoisotopic (exact) mass is 254 g/mol. The second kappa shape index (κ2) is 6.71. The number of ether oxygens (including phenoxy) is 1. The van der Waals surface area contributed by atoms with Crippen LogP contribution in [0.5, 0.6) is 5.75 Å².